The van der Waals surface area contributed by atoms with E-state index in [-0.39, 0.29) is 36.3 Å². The van der Waals surface area contributed by atoms with Crippen molar-refractivity contribution in [3.05, 3.63) is 111 Å². The molecule has 0 fully saturated rings. The number of amides is 1. The number of benzene rings is 2. The highest BCUT2D eigenvalue weighted by molar-refractivity contribution is 6.31. The van der Waals surface area contributed by atoms with Crippen LogP contribution in [0.1, 0.15) is 34.8 Å². The SMILES string of the molecule is CCOC(=O)c1cn2c(n1)CN(C(=O)C(Cc1ccccc1)n1cnc(-c3cc(Cl)ccc3-n3cc(Cl)nn3)cc1=O)CC2. The molecule has 0 saturated heterocycles. The average molecular weight is 633 g/mol. The molecule has 1 aliphatic heterocycles. The number of esters is 1. The van der Waals surface area contributed by atoms with Crippen molar-refractivity contribution in [3.63, 3.8) is 0 Å². The van der Waals surface area contributed by atoms with Crippen LogP contribution in [0.4, 0.5) is 0 Å². The van der Waals surface area contributed by atoms with E-state index in [4.69, 9.17) is 27.9 Å². The first-order valence-corrected chi connectivity index (χ1v) is 14.6. The Morgan fingerprint density at radius 3 is 2.59 bits per heavy atom. The zero-order valence-corrected chi connectivity index (χ0v) is 25.0. The fourth-order valence-corrected chi connectivity index (χ4v) is 5.46. The first kappa shape index (κ1) is 29.3. The van der Waals surface area contributed by atoms with E-state index in [2.05, 4.69) is 20.3 Å². The molecule has 1 unspecified atom stereocenters. The molecule has 0 bridgehead atoms. The molecule has 0 spiro atoms. The minimum Gasteiger partial charge on any atom is -0.461 e. The fourth-order valence-electron chi connectivity index (χ4n) is 5.16. The third-order valence-corrected chi connectivity index (χ3v) is 7.68. The number of hydrogen-bond acceptors (Lipinski definition) is 8. The number of hydrogen-bond donors (Lipinski definition) is 0. The Hall–Kier alpha value is -4.81. The molecule has 1 aliphatic rings. The second kappa shape index (κ2) is 12.4. The lowest BCUT2D eigenvalue weighted by Gasteiger charge is -2.31. The van der Waals surface area contributed by atoms with E-state index in [9.17, 15) is 14.4 Å². The summed E-state index contributed by atoms with van der Waals surface area (Å²) in [6.07, 6.45) is 4.82. The van der Waals surface area contributed by atoms with Gasteiger partial charge in [0.05, 0.1) is 37.1 Å². The van der Waals surface area contributed by atoms with Crippen LogP contribution in [0.5, 0.6) is 0 Å². The second-order valence-corrected chi connectivity index (χ2v) is 10.9. The molecule has 44 heavy (non-hydrogen) atoms. The first-order valence-electron chi connectivity index (χ1n) is 13.8. The maximum Gasteiger partial charge on any atom is 0.358 e. The lowest BCUT2D eigenvalue weighted by molar-refractivity contribution is -0.136. The van der Waals surface area contributed by atoms with Gasteiger partial charge in [0.25, 0.3) is 5.56 Å². The molecular formula is C30H26Cl2N8O4. The van der Waals surface area contributed by atoms with Crippen LogP contribution in [-0.4, -0.2) is 64.0 Å². The van der Waals surface area contributed by atoms with Crippen LogP contribution in [0.3, 0.4) is 0 Å². The van der Waals surface area contributed by atoms with Crippen molar-refractivity contribution in [2.75, 3.05) is 13.2 Å². The number of aromatic nitrogens is 7. The van der Waals surface area contributed by atoms with E-state index < -0.39 is 17.6 Å². The fraction of sp³-hybridized carbons (Fsp3) is 0.233. The summed E-state index contributed by atoms with van der Waals surface area (Å²) >= 11 is 12.3. The van der Waals surface area contributed by atoms with Gasteiger partial charge in [-0.15, -0.1) is 5.10 Å². The van der Waals surface area contributed by atoms with E-state index in [1.165, 1.54) is 27.8 Å². The molecule has 1 atom stereocenters. The lowest BCUT2D eigenvalue weighted by atomic mass is 10.0. The standard InChI is InChI=1S/C30H26Cl2N8O4/c1-2-44-30(43)23-15-37-10-11-38(17-27(37)34-23)29(42)25(12-19-6-4-3-5-7-19)39-18-33-22(14-28(39)41)21-13-20(31)8-9-24(21)40-16-26(32)35-36-40/h3-9,13-16,18,25H,2,10-12,17H2,1H3. The van der Waals surface area contributed by atoms with Gasteiger partial charge in [0.1, 0.15) is 11.9 Å². The van der Waals surface area contributed by atoms with E-state index in [0.717, 1.165) is 5.56 Å². The summed E-state index contributed by atoms with van der Waals surface area (Å²) < 4.78 is 9.74. The van der Waals surface area contributed by atoms with Crippen molar-refractivity contribution in [3.8, 4) is 16.9 Å². The summed E-state index contributed by atoms with van der Waals surface area (Å²) in [5, 5.41) is 8.50. The van der Waals surface area contributed by atoms with Crippen molar-refractivity contribution >= 4 is 35.1 Å². The predicted octanol–water partition coefficient (Wildman–Crippen LogP) is 4.00. The molecule has 12 nitrogen and oxygen atoms in total. The Kier molecular flexibility index (Phi) is 8.27. The number of ether oxygens (including phenoxy) is 1. The van der Waals surface area contributed by atoms with E-state index >= 15 is 0 Å². The quantitative estimate of drug-likeness (QED) is 0.235. The van der Waals surface area contributed by atoms with Crippen molar-refractivity contribution in [2.24, 2.45) is 0 Å². The average Bonchev–Trinajstić information content (AvgIpc) is 3.66. The smallest absolute Gasteiger partial charge is 0.358 e. The summed E-state index contributed by atoms with van der Waals surface area (Å²) in [7, 11) is 0. The third-order valence-electron chi connectivity index (χ3n) is 7.27. The van der Waals surface area contributed by atoms with Gasteiger partial charge < -0.3 is 14.2 Å². The molecule has 3 aromatic heterocycles. The van der Waals surface area contributed by atoms with Gasteiger partial charge >= 0.3 is 5.97 Å². The third kappa shape index (κ3) is 5.99. The molecule has 5 aromatic rings. The molecule has 224 valence electrons. The molecule has 0 aliphatic carbocycles. The highest BCUT2D eigenvalue weighted by Gasteiger charge is 2.31. The summed E-state index contributed by atoms with van der Waals surface area (Å²) in [5.74, 6) is -0.214. The van der Waals surface area contributed by atoms with Gasteiger partial charge in [-0.2, -0.15) is 0 Å². The normalized spacial score (nSPS) is 13.4. The van der Waals surface area contributed by atoms with Crippen molar-refractivity contribution in [1.29, 1.82) is 0 Å². The number of halogens is 2. The first-order chi connectivity index (χ1) is 21.3. The summed E-state index contributed by atoms with van der Waals surface area (Å²) in [6.45, 7) is 2.97. The summed E-state index contributed by atoms with van der Waals surface area (Å²) in [5.41, 5.74) is 2.10. The molecule has 0 N–H and O–H groups in total. The van der Waals surface area contributed by atoms with E-state index in [0.29, 0.717) is 40.9 Å². The molecular weight excluding hydrogens is 607 g/mol. The van der Waals surface area contributed by atoms with Gasteiger partial charge in [0, 0.05) is 42.4 Å². The van der Waals surface area contributed by atoms with Crippen LogP contribution < -0.4 is 5.56 Å². The van der Waals surface area contributed by atoms with Crippen LogP contribution in [0.2, 0.25) is 10.2 Å². The highest BCUT2D eigenvalue weighted by atomic mass is 35.5. The van der Waals surface area contributed by atoms with Gasteiger partial charge in [-0.3, -0.25) is 14.2 Å². The molecule has 4 heterocycles. The Balaban J connectivity index is 1.34. The Bertz CT molecular complexity index is 1900. The molecule has 0 radical (unpaired) electrons. The summed E-state index contributed by atoms with van der Waals surface area (Å²) in [6, 6.07) is 15.0. The molecule has 6 rings (SSSR count). The number of rotatable bonds is 8. The van der Waals surface area contributed by atoms with E-state index in [1.807, 2.05) is 34.9 Å². The minimum atomic E-state index is -0.884. The van der Waals surface area contributed by atoms with Gasteiger partial charge in [0.15, 0.2) is 10.8 Å². The van der Waals surface area contributed by atoms with Crippen LogP contribution in [-0.2, 0) is 29.0 Å². The second-order valence-electron chi connectivity index (χ2n) is 10.1. The number of imidazole rings is 1. The molecule has 1 amide bonds. The van der Waals surface area contributed by atoms with E-state index in [1.54, 1.807) is 36.2 Å². The molecule has 2 aromatic carbocycles. The maximum atomic E-state index is 14.1. The van der Waals surface area contributed by atoms with Crippen molar-refractivity contribution in [2.45, 2.75) is 32.5 Å². The Morgan fingerprint density at radius 2 is 1.86 bits per heavy atom. The van der Waals surface area contributed by atoms with Crippen molar-refractivity contribution in [1.82, 2.24) is 39.0 Å². The molecule has 14 heteroatoms. The number of carbonyl (C=O) groups is 2. The summed E-state index contributed by atoms with van der Waals surface area (Å²) in [4.78, 5) is 50.7. The Morgan fingerprint density at radius 1 is 1.05 bits per heavy atom. The van der Waals surface area contributed by atoms with Crippen LogP contribution in [0.25, 0.3) is 16.9 Å². The predicted molar refractivity (Wildman–Crippen MR) is 162 cm³/mol. The number of carbonyl (C=O) groups excluding carboxylic acids is 2. The van der Waals surface area contributed by atoms with Crippen LogP contribution >= 0.6 is 23.2 Å². The zero-order chi connectivity index (χ0) is 30.8. The van der Waals surface area contributed by atoms with Gasteiger partial charge in [-0.25, -0.2) is 19.4 Å². The van der Waals surface area contributed by atoms with Crippen LogP contribution in [0.15, 0.2) is 78.1 Å². The largest absolute Gasteiger partial charge is 0.461 e. The van der Waals surface area contributed by atoms with Gasteiger partial charge in [-0.05, 0) is 30.7 Å². The monoisotopic (exact) mass is 632 g/mol. The topological polar surface area (TPSA) is 130 Å². The number of fused-ring (bicyclic) bond motifs is 1. The Labute approximate surface area is 261 Å². The zero-order valence-electron chi connectivity index (χ0n) is 23.5. The lowest BCUT2D eigenvalue weighted by Crippen LogP contribution is -2.44. The maximum absolute atomic E-state index is 14.1. The van der Waals surface area contributed by atoms with Crippen molar-refractivity contribution < 1.29 is 14.3 Å². The molecule has 0 saturated carbocycles. The minimum absolute atomic E-state index is 0.177. The van der Waals surface area contributed by atoms with Gasteiger partial charge in [-0.1, -0.05) is 58.7 Å². The highest BCUT2D eigenvalue weighted by Crippen LogP contribution is 2.28. The number of nitrogens with zero attached hydrogens (tertiary/aromatic N) is 8. The van der Waals surface area contributed by atoms with Gasteiger partial charge in [0.2, 0.25) is 5.91 Å². The van der Waals surface area contributed by atoms with Crippen LogP contribution in [0, 0.1) is 0 Å².